The second kappa shape index (κ2) is 8.38. The highest BCUT2D eigenvalue weighted by atomic mass is 32.5. The first-order valence-corrected chi connectivity index (χ1v) is 8.90. The van der Waals surface area contributed by atoms with E-state index in [9.17, 15) is 30.6 Å². The molecule has 0 heterocycles. The molecule has 0 saturated heterocycles. The number of hydrogen-bond acceptors (Lipinski definition) is 11. The molecule has 8 atom stereocenters. The fourth-order valence-electron chi connectivity index (χ4n) is 1.83. The van der Waals surface area contributed by atoms with Gasteiger partial charge in [0, 0.05) is 7.11 Å². The van der Waals surface area contributed by atoms with Crippen molar-refractivity contribution < 1.29 is 49.3 Å². The van der Waals surface area contributed by atoms with E-state index in [0.717, 1.165) is 7.11 Å². The quantitative estimate of drug-likeness (QED) is 0.223. The first kappa shape index (κ1) is 20.3. The predicted octanol–water partition coefficient (Wildman–Crippen LogP) is -3.57. The summed E-state index contributed by atoms with van der Waals surface area (Å²) in [6.07, 6.45) is -11.6. The molecular formula is C10H21O10PS. The van der Waals surface area contributed by atoms with Crippen LogP contribution in [-0.4, -0.2) is 98.8 Å². The summed E-state index contributed by atoms with van der Waals surface area (Å²) in [5.74, 6) is 0. The van der Waals surface area contributed by atoms with Gasteiger partial charge in [0.1, 0.15) is 42.7 Å². The molecule has 10 nitrogen and oxygen atoms in total. The summed E-state index contributed by atoms with van der Waals surface area (Å²) < 4.78 is 15.1. The largest absolute Gasteiger partial charge is 0.394 e. The van der Waals surface area contributed by atoms with Crippen LogP contribution in [0, 0.1) is 0 Å². The maximum absolute atomic E-state index is 9.84. The fourth-order valence-corrected chi connectivity index (χ4v) is 3.46. The minimum Gasteiger partial charge on any atom is -0.394 e. The fraction of sp³-hybridized carbons (Fsp3) is 1.00. The van der Waals surface area contributed by atoms with Crippen molar-refractivity contribution in [1.29, 1.82) is 0 Å². The third-order valence-corrected chi connectivity index (χ3v) is 5.62. The Morgan fingerprint density at radius 1 is 1.00 bits per heavy atom. The Balaban J connectivity index is 2.82. The number of aliphatic hydroxyl groups is 7. The van der Waals surface area contributed by atoms with E-state index in [-0.39, 0.29) is 0 Å². The van der Waals surface area contributed by atoms with Crippen LogP contribution >= 0.6 is 6.72 Å². The highest BCUT2D eigenvalue weighted by molar-refractivity contribution is 8.07. The van der Waals surface area contributed by atoms with Crippen molar-refractivity contribution in [2.45, 2.75) is 42.7 Å². The molecule has 4 unspecified atom stereocenters. The average molecular weight is 364 g/mol. The van der Waals surface area contributed by atoms with E-state index in [1.807, 2.05) is 0 Å². The van der Waals surface area contributed by atoms with Gasteiger partial charge in [0.25, 0.3) is 0 Å². The van der Waals surface area contributed by atoms with Crippen LogP contribution in [0.4, 0.5) is 0 Å². The highest BCUT2D eigenvalue weighted by Gasteiger charge is 2.50. The molecule has 132 valence electrons. The average Bonchev–Trinajstić information content (AvgIpc) is 2.52. The molecule has 12 heteroatoms. The lowest BCUT2D eigenvalue weighted by molar-refractivity contribution is -0.218. The maximum Gasteiger partial charge on any atom is 0.327 e. The van der Waals surface area contributed by atoms with Gasteiger partial charge in [-0.3, -0.25) is 4.52 Å². The molecule has 1 fully saturated rings. The molecule has 0 amide bonds. The van der Waals surface area contributed by atoms with Crippen molar-refractivity contribution in [3.05, 3.63) is 0 Å². The Labute approximate surface area is 131 Å². The van der Waals surface area contributed by atoms with Crippen LogP contribution in [0.1, 0.15) is 0 Å². The van der Waals surface area contributed by atoms with Gasteiger partial charge in [-0.1, -0.05) is 0 Å². The van der Waals surface area contributed by atoms with Crippen molar-refractivity contribution in [3.63, 3.8) is 0 Å². The second-order valence-electron chi connectivity index (χ2n) is 4.78. The summed E-state index contributed by atoms with van der Waals surface area (Å²) in [6, 6.07) is 0. The molecule has 0 radical (unpaired) electrons. The first-order chi connectivity index (χ1) is 10.2. The topological polar surface area (TPSA) is 169 Å². The van der Waals surface area contributed by atoms with Gasteiger partial charge in [0.2, 0.25) is 0 Å². The zero-order valence-electron chi connectivity index (χ0n) is 11.7. The standard InChI is InChI=1S/C10H21O10PS/c1-18-21(22,19-3-4(12)2-11)20-10-8(16)6(14)5(13)7(15)9(10)17/h4-17H,2-3H2,1H3/t4?,5?,6-,7+,8-,9-,10?,21?/m1/s1. The van der Waals surface area contributed by atoms with Crippen LogP contribution in [0.3, 0.4) is 0 Å². The molecule has 7 N–H and O–H groups in total. The first-order valence-electron chi connectivity index (χ1n) is 6.34. The SMILES string of the molecule is COP(=S)(OCC(O)CO)OC1[C@H](O)[C@H](O)C(O)[C@H](O)[C@H]1O. The van der Waals surface area contributed by atoms with Crippen LogP contribution in [0.15, 0.2) is 0 Å². The van der Waals surface area contributed by atoms with Crippen molar-refractivity contribution in [2.24, 2.45) is 0 Å². The van der Waals surface area contributed by atoms with Crippen molar-refractivity contribution >= 4 is 18.5 Å². The van der Waals surface area contributed by atoms with E-state index in [2.05, 4.69) is 0 Å². The van der Waals surface area contributed by atoms with Gasteiger partial charge >= 0.3 is 6.72 Å². The Morgan fingerprint density at radius 3 is 1.86 bits per heavy atom. The van der Waals surface area contributed by atoms with E-state index in [0.29, 0.717) is 0 Å². The van der Waals surface area contributed by atoms with Crippen molar-refractivity contribution in [3.8, 4) is 0 Å². The van der Waals surface area contributed by atoms with Gasteiger partial charge in [-0.15, -0.1) is 0 Å². The van der Waals surface area contributed by atoms with E-state index >= 15 is 0 Å². The van der Waals surface area contributed by atoms with Gasteiger partial charge in [-0.05, 0) is 11.8 Å². The van der Waals surface area contributed by atoms with Crippen LogP contribution in [0.2, 0.25) is 0 Å². The Bertz CT molecular complexity index is 382. The summed E-state index contributed by atoms with van der Waals surface area (Å²) in [5, 5.41) is 66.3. The summed E-state index contributed by atoms with van der Waals surface area (Å²) in [7, 11) is 1.13. The Morgan fingerprint density at radius 2 is 1.45 bits per heavy atom. The van der Waals surface area contributed by atoms with Gasteiger partial charge in [0.15, 0.2) is 0 Å². The molecule has 22 heavy (non-hydrogen) atoms. The molecule has 0 aromatic heterocycles. The van der Waals surface area contributed by atoms with Crippen molar-refractivity contribution in [1.82, 2.24) is 0 Å². The van der Waals surface area contributed by atoms with Crippen LogP contribution in [0.5, 0.6) is 0 Å². The minimum absolute atomic E-state index is 0.422. The number of rotatable bonds is 7. The molecule has 1 aliphatic rings. The van der Waals surface area contributed by atoms with Crippen molar-refractivity contribution in [2.75, 3.05) is 20.3 Å². The summed E-state index contributed by atoms with van der Waals surface area (Å²) in [4.78, 5) is 0. The molecule has 1 rings (SSSR count). The molecule has 0 spiro atoms. The number of hydrogen-bond donors (Lipinski definition) is 7. The van der Waals surface area contributed by atoms with Crippen LogP contribution in [0.25, 0.3) is 0 Å². The summed E-state index contributed by atoms with van der Waals surface area (Å²) >= 11 is 4.97. The normalized spacial score (nSPS) is 40.2. The minimum atomic E-state index is -3.54. The lowest BCUT2D eigenvalue weighted by Gasteiger charge is -2.42. The Hall–Kier alpha value is 0.250. The van der Waals surface area contributed by atoms with Crippen LogP contribution < -0.4 is 0 Å². The van der Waals surface area contributed by atoms with E-state index < -0.39 is 62.7 Å². The van der Waals surface area contributed by atoms with Gasteiger partial charge in [-0.2, -0.15) is 0 Å². The predicted molar refractivity (Wildman–Crippen MR) is 75.2 cm³/mol. The maximum atomic E-state index is 9.84. The molecule has 0 aromatic rings. The lowest BCUT2D eigenvalue weighted by Crippen LogP contribution is -2.64. The molecule has 0 bridgehead atoms. The van der Waals surface area contributed by atoms with Gasteiger partial charge in [-0.25, -0.2) is 0 Å². The zero-order chi connectivity index (χ0) is 17.1. The van der Waals surface area contributed by atoms with E-state index in [4.69, 9.17) is 30.5 Å². The smallest absolute Gasteiger partial charge is 0.327 e. The van der Waals surface area contributed by atoms with Gasteiger partial charge in [0.05, 0.1) is 13.2 Å². The number of aliphatic hydroxyl groups excluding tert-OH is 7. The highest BCUT2D eigenvalue weighted by Crippen LogP contribution is 2.51. The van der Waals surface area contributed by atoms with Gasteiger partial charge < -0.3 is 44.8 Å². The summed E-state index contributed by atoms with van der Waals surface area (Å²) in [6.45, 7) is -4.55. The molecule has 1 aliphatic carbocycles. The molecule has 0 aliphatic heterocycles. The monoisotopic (exact) mass is 364 g/mol. The third kappa shape index (κ3) is 4.63. The zero-order valence-corrected chi connectivity index (χ0v) is 13.4. The van der Waals surface area contributed by atoms with Crippen LogP contribution in [-0.2, 0) is 25.4 Å². The Kier molecular flexibility index (Phi) is 7.73. The molecule has 0 aromatic carbocycles. The van der Waals surface area contributed by atoms with E-state index in [1.54, 1.807) is 0 Å². The third-order valence-electron chi connectivity index (χ3n) is 3.18. The molecular weight excluding hydrogens is 343 g/mol. The molecule has 1 saturated carbocycles. The second-order valence-corrected chi connectivity index (χ2v) is 7.86. The summed E-state index contributed by atoms with van der Waals surface area (Å²) in [5.41, 5.74) is 0. The van der Waals surface area contributed by atoms with E-state index in [1.165, 1.54) is 0 Å². The lowest BCUT2D eigenvalue weighted by atomic mass is 9.85.